The molecule has 16 heavy (non-hydrogen) atoms. The van der Waals surface area contributed by atoms with Crippen molar-refractivity contribution in [2.75, 3.05) is 39.8 Å². The van der Waals surface area contributed by atoms with Crippen LogP contribution in [0.25, 0.3) is 0 Å². The Morgan fingerprint density at radius 3 is 3.00 bits per heavy atom. The number of unbranched alkanes of at least 4 members (excludes halogenated alkanes) is 1. The Kier molecular flexibility index (Phi) is 6.42. The third-order valence-electron chi connectivity index (χ3n) is 2.95. The zero-order chi connectivity index (χ0) is 11.8. The second kappa shape index (κ2) is 7.63. The van der Waals surface area contributed by atoms with Crippen LogP contribution in [0.4, 0.5) is 0 Å². The number of rotatable bonds is 7. The second-order valence-electron chi connectivity index (χ2n) is 4.62. The molecular weight excluding hydrogens is 204 g/mol. The van der Waals surface area contributed by atoms with E-state index < -0.39 is 0 Å². The van der Waals surface area contributed by atoms with Crippen LogP contribution in [0.15, 0.2) is 0 Å². The molecule has 0 aromatic heterocycles. The van der Waals surface area contributed by atoms with Gasteiger partial charge in [0.1, 0.15) is 0 Å². The molecule has 1 heterocycles. The first kappa shape index (κ1) is 13.5. The molecule has 0 aromatic carbocycles. The summed E-state index contributed by atoms with van der Waals surface area (Å²) in [6.45, 7) is 6.23. The molecule has 1 aliphatic heterocycles. The minimum atomic E-state index is -0.125. The van der Waals surface area contributed by atoms with Gasteiger partial charge in [0.2, 0.25) is 0 Å². The molecular formula is C12H24N2O2. The molecule has 94 valence electrons. The van der Waals surface area contributed by atoms with Crippen LogP contribution in [-0.2, 0) is 9.53 Å². The monoisotopic (exact) mass is 228 g/mol. The van der Waals surface area contributed by atoms with Crippen LogP contribution in [0.3, 0.4) is 0 Å². The predicted molar refractivity (Wildman–Crippen MR) is 64.3 cm³/mol. The molecule has 0 bridgehead atoms. The van der Waals surface area contributed by atoms with Gasteiger partial charge in [-0.05, 0) is 38.9 Å². The molecule has 4 heteroatoms. The molecule has 1 aliphatic rings. The number of likely N-dealkylation sites (tertiary alicyclic amines) is 1. The van der Waals surface area contributed by atoms with Crippen molar-refractivity contribution in [2.24, 2.45) is 5.92 Å². The van der Waals surface area contributed by atoms with E-state index in [1.165, 1.54) is 13.0 Å². The van der Waals surface area contributed by atoms with E-state index in [9.17, 15) is 4.79 Å². The molecule has 4 nitrogen and oxygen atoms in total. The lowest BCUT2D eigenvalue weighted by Crippen LogP contribution is -2.30. The van der Waals surface area contributed by atoms with E-state index in [4.69, 9.17) is 4.74 Å². The summed E-state index contributed by atoms with van der Waals surface area (Å²) < 4.78 is 5.06. The molecule has 1 rings (SSSR count). The highest BCUT2D eigenvalue weighted by Crippen LogP contribution is 2.12. The quantitative estimate of drug-likeness (QED) is 0.518. The van der Waals surface area contributed by atoms with Gasteiger partial charge in [-0.2, -0.15) is 0 Å². The molecule has 0 amide bonds. The summed E-state index contributed by atoms with van der Waals surface area (Å²) in [5, 5.41) is 3.17. The van der Waals surface area contributed by atoms with Gasteiger partial charge >= 0.3 is 5.97 Å². The molecule has 1 fully saturated rings. The Hall–Kier alpha value is -0.610. The SMILES string of the molecule is CCCCOC(=O)CNCC1CCN(C)C1. The van der Waals surface area contributed by atoms with Crippen molar-refractivity contribution >= 4 is 5.97 Å². The van der Waals surface area contributed by atoms with Crippen LogP contribution in [-0.4, -0.2) is 50.7 Å². The summed E-state index contributed by atoms with van der Waals surface area (Å²) in [6, 6.07) is 0. The van der Waals surface area contributed by atoms with Gasteiger partial charge in [0.25, 0.3) is 0 Å². The van der Waals surface area contributed by atoms with Crippen molar-refractivity contribution in [1.29, 1.82) is 0 Å². The lowest BCUT2D eigenvalue weighted by Gasteiger charge is -2.11. The molecule has 1 atom stereocenters. The third kappa shape index (κ3) is 5.47. The fraction of sp³-hybridized carbons (Fsp3) is 0.917. The summed E-state index contributed by atoms with van der Waals surface area (Å²) >= 11 is 0. The first-order valence-corrected chi connectivity index (χ1v) is 6.27. The Morgan fingerprint density at radius 2 is 2.38 bits per heavy atom. The Balaban J connectivity index is 1.96. The minimum absolute atomic E-state index is 0.125. The zero-order valence-corrected chi connectivity index (χ0v) is 10.5. The van der Waals surface area contributed by atoms with Gasteiger partial charge in [-0.25, -0.2) is 0 Å². The van der Waals surface area contributed by atoms with Crippen molar-refractivity contribution in [3.05, 3.63) is 0 Å². The predicted octanol–water partition coefficient (Wildman–Crippen LogP) is 0.871. The van der Waals surface area contributed by atoms with Crippen LogP contribution in [0, 0.1) is 5.92 Å². The summed E-state index contributed by atoms with van der Waals surface area (Å²) in [4.78, 5) is 13.6. The Bertz CT molecular complexity index is 209. The normalized spacial score (nSPS) is 21.2. The average Bonchev–Trinajstić information content (AvgIpc) is 2.65. The second-order valence-corrected chi connectivity index (χ2v) is 4.62. The average molecular weight is 228 g/mol. The topological polar surface area (TPSA) is 41.6 Å². The fourth-order valence-electron chi connectivity index (χ4n) is 1.95. The van der Waals surface area contributed by atoms with Crippen molar-refractivity contribution in [1.82, 2.24) is 10.2 Å². The maximum Gasteiger partial charge on any atom is 0.319 e. The van der Waals surface area contributed by atoms with Gasteiger partial charge < -0.3 is 15.0 Å². The van der Waals surface area contributed by atoms with Gasteiger partial charge in [0.15, 0.2) is 0 Å². The van der Waals surface area contributed by atoms with Crippen LogP contribution in [0.1, 0.15) is 26.2 Å². The first-order chi connectivity index (χ1) is 7.72. The van der Waals surface area contributed by atoms with Gasteiger partial charge in [-0.1, -0.05) is 13.3 Å². The van der Waals surface area contributed by atoms with Gasteiger partial charge in [-0.3, -0.25) is 4.79 Å². The Morgan fingerprint density at radius 1 is 1.56 bits per heavy atom. The smallest absolute Gasteiger partial charge is 0.319 e. The Labute approximate surface area is 98.3 Å². The summed E-state index contributed by atoms with van der Waals surface area (Å²) in [7, 11) is 2.14. The zero-order valence-electron chi connectivity index (χ0n) is 10.5. The van der Waals surface area contributed by atoms with E-state index in [1.54, 1.807) is 0 Å². The number of hydrogen-bond acceptors (Lipinski definition) is 4. The highest BCUT2D eigenvalue weighted by molar-refractivity contribution is 5.71. The van der Waals surface area contributed by atoms with E-state index >= 15 is 0 Å². The third-order valence-corrected chi connectivity index (χ3v) is 2.95. The van der Waals surface area contributed by atoms with Gasteiger partial charge in [0.05, 0.1) is 13.2 Å². The summed E-state index contributed by atoms with van der Waals surface area (Å²) in [5.41, 5.74) is 0. The van der Waals surface area contributed by atoms with Gasteiger partial charge in [0, 0.05) is 6.54 Å². The van der Waals surface area contributed by atoms with Crippen LogP contribution in [0.5, 0.6) is 0 Å². The van der Waals surface area contributed by atoms with E-state index in [-0.39, 0.29) is 5.97 Å². The number of esters is 1. The van der Waals surface area contributed by atoms with Crippen molar-refractivity contribution in [3.63, 3.8) is 0 Å². The largest absolute Gasteiger partial charge is 0.465 e. The number of carbonyl (C=O) groups excluding carboxylic acids is 1. The van der Waals surface area contributed by atoms with E-state index in [0.717, 1.165) is 25.9 Å². The molecule has 0 saturated carbocycles. The highest BCUT2D eigenvalue weighted by atomic mass is 16.5. The lowest BCUT2D eigenvalue weighted by molar-refractivity contribution is -0.142. The molecule has 0 aromatic rings. The van der Waals surface area contributed by atoms with Crippen LogP contribution in [0.2, 0.25) is 0 Å². The van der Waals surface area contributed by atoms with E-state index in [2.05, 4.69) is 24.2 Å². The number of hydrogen-bond donors (Lipinski definition) is 1. The van der Waals surface area contributed by atoms with Gasteiger partial charge in [-0.15, -0.1) is 0 Å². The van der Waals surface area contributed by atoms with Crippen molar-refractivity contribution < 1.29 is 9.53 Å². The lowest BCUT2D eigenvalue weighted by atomic mass is 10.1. The van der Waals surface area contributed by atoms with E-state index in [1.807, 2.05) is 0 Å². The van der Waals surface area contributed by atoms with Crippen molar-refractivity contribution in [3.8, 4) is 0 Å². The molecule has 0 aliphatic carbocycles. The number of carbonyl (C=O) groups is 1. The van der Waals surface area contributed by atoms with Crippen LogP contribution >= 0.6 is 0 Å². The summed E-state index contributed by atoms with van der Waals surface area (Å²) in [6.07, 6.45) is 3.25. The number of nitrogens with one attached hydrogen (secondary N) is 1. The summed E-state index contributed by atoms with van der Waals surface area (Å²) in [5.74, 6) is 0.563. The maximum atomic E-state index is 11.3. The fourth-order valence-corrected chi connectivity index (χ4v) is 1.95. The number of ether oxygens (including phenoxy) is 1. The molecule has 1 unspecified atom stereocenters. The van der Waals surface area contributed by atoms with E-state index in [0.29, 0.717) is 19.1 Å². The molecule has 0 radical (unpaired) electrons. The molecule has 1 N–H and O–H groups in total. The number of nitrogens with zero attached hydrogens (tertiary/aromatic N) is 1. The minimum Gasteiger partial charge on any atom is -0.465 e. The molecule has 0 spiro atoms. The standard InChI is InChI=1S/C12H24N2O2/c1-3-4-7-16-12(15)9-13-8-11-5-6-14(2)10-11/h11,13H,3-10H2,1-2H3. The van der Waals surface area contributed by atoms with Crippen LogP contribution < -0.4 is 5.32 Å². The first-order valence-electron chi connectivity index (χ1n) is 6.27. The highest BCUT2D eigenvalue weighted by Gasteiger charge is 2.18. The maximum absolute atomic E-state index is 11.3. The molecule has 1 saturated heterocycles. The van der Waals surface area contributed by atoms with Crippen molar-refractivity contribution in [2.45, 2.75) is 26.2 Å².